The van der Waals surface area contributed by atoms with Gasteiger partial charge in [-0.3, -0.25) is 0 Å². The van der Waals surface area contributed by atoms with Crippen molar-refractivity contribution in [2.24, 2.45) is 11.1 Å². The molecule has 1 fully saturated rings. The molecule has 1 aromatic rings. The van der Waals surface area contributed by atoms with Crippen LogP contribution in [0.3, 0.4) is 0 Å². The summed E-state index contributed by atoms with van der Waals surface area (Å²) in [4.78, 5) is 0. The van der Waals surface area contributed by atoms with Gasteiger partial charge >= 0.3 is 0 Å². The number of hydrogen-bond acceptors (Lipinski definition) is 4. The van der Waals surface area contributed by atoms with E-state index < -0.39 is 10.0 Å². The summed E-state index contributed by atoms with van der Waals surface area (Å²) in [5, 5.41) is 13.2. The highest BCUT2D eigenvalue weighted by Gasteiger charge is 2.36. The number of nitrogens with zero attached hydrogens (tertiary/aromatic N) is 3. The zero-order chi connectivity index (χ0) is 15.0. The van der Waals surface area contributed by atoms with Gasteiger partial charge in [-0.15, -0.1) is 10.2 Å². The lowest BCUT2D eigenvalue weighted by Crippen LogP contribution is -2.31. The molecule has 114 valence electrons. The fourth-order valence-corrected chi connectivity index (χ4v) is 3.65. The summed E-state index contributed by atoms with van der Waals surface area (Å²) < 4.78 is 25.1. The summed E-state index contributed by atoms with van der Waals surface area (Å²) in [7, 11) is -3.83. The lowest BCUT2D eigenvalue weighted by Gasteiger charge is -2.33. The quantitative estimate of drug-likeness (QED) is 0.918. The van der Waals surface area contributed by atoms with Gasteiger partial charge in [-0.25, -0.2) is 13.6 Å². The van der Waals surface area contributed by atoms with E-state index in [1.807, 2.05) is 13.8 Å². The van der Waals surface area contributed by atoms with Gasteiger partial charge in [0.1, 0.15) is 5.82 Å². The average molecular weight is 300 g/mol. The second-order valence-electron chi connectivity index (χ2n) is 6.48. The van der Waals surface area contributed by atoms with E-state index in [0.29, 0.717) is 12.5 Å². The Morgan fingerprint density at radius 1 is 1.25 bits per heavy atom. The SMILES string of the molecule is CC(C)Cn1c(C2(C)CCCCC2)nnc1S(N)(=O)=O. The van der Waals surface area contributed by atoms with Crippen LogP contribution in [0, 0.1) is 5.92 Å². The van der Waals surface area contributed by atoms with Crippen molar-refractivity contribution in [2.75, 3.05) is 0 Å². The summed E-state index contributed by atoms with van der Waals surface area (Å²) in [6.45, 7) is 6.81. The van der Waals surface area contributed by atoms with Crippen LogP contribution in [-0.4, -0.2) is 23.2 Å². The number of sulfonamides is 1. The number of nitrogens with two attached hydrogens (primary N) is 1. The van der Waals surface area contributed by atoms with Crippen LogP contribution in [0.15, 0.2) is 5.16 Å². The van der Waals surface area contributed by atoms with Crippen LogP contribution in [0.2, 0.25) is 0 Å². The highest BCUT2D eigenvalue weighted by atomic mass is 32.2. The molecule has 1 aromatic heterocycles. The molecule has 0 aromatic carbocycles. The Morgan fingerprint density at radius 3 is 2.35 bits per heavy atom. The van der Waals surface area contributed by atoms with Crippen molar-refractivity contribution in [2.45, 2.75) is 70.0 Å². The van der Waals surface area contributed by atoms with Crippen LogP contribution in [0.1, 0.15) is 58.7 Å². The summed E-state index contributed by atoms with van der Waals surface area (Å²) in [5.74, 6) is 1.08. The molecule has 2 N–H and O–H groups in total. The Morgan fingerprint density at radius 2 is 1.85 bits per heavy atom. The molecule has 1 saturated carbocycles. The van der Waals surface area contributed by atoms with Gasteiger partial charge in [-0.2, -0.15) is 0 Å². The van der Waals surface area contributed by atoms with Crippen LogP contribution >= 0.6 is 0 Å². The maximum atomic E-state index is 11.7. The van der Waals surface area contributed by atoms with E-state index in [1.54, 1.807) is 4.57 Å². The average Bonchev–Trinajstić information content (AvgIpc) is 2.73. The summed E-state index contributed by atoms with van der Waals surface area (Å²) in [6, 6.07) is 0. The molecular weight excluding hydrogens is 276 g/mol. The highest BCUT2D eigenvalue weighted by molar-refractivity contribution is 7.89. The second kappa shape index (κ2) is 5.44. The van der Waals surface area contributed by atoms with Crippen molar-refractivity contribution < 1.29 is 8.42 Å². The van der Waals surface area contributed by atoms with E-state index in [9.17, 15) is 8.42 Å². The summed E-state index contributed by atoms with van der Waals surface area (Å²) in [5.41, 5.74) is -0.0942. The topological polar surface area (TPSA) is 90.9 Å². The van der Waals surface area contributed by atoms with Crippen molar-refractivity contribution in [1.29, 1.82) is 0 Å². The van der Waals surface area contributed by atoms with Gasteiger partial charge in [0.25, 0.3) is 15.2 Å². The predicted molar refractivity (Wildman–Crippen MR) is 76.7 cm³/mol. The van der Waals surface area contributed by atoms with Crippen molar-refractivity contribution in [3.63, 3.8) is 0 Å². The predicted octanol–water partition coefficient (Wildman–Crippen LogP) is 1.80. The molecule has 0 radical (unpaired) electrons. The lowest BCUT2D eigenvalue weighted by atomic mass is 9.75. The van der Waals surface area contributed by atoms with Crippen molar-refractivity contribution in [1.82, 2.24) is 14.8 Å². The lowest BCUT2D eigenvalue weighted by molar-refractivity contribution is 0.286. The third-order valence-corrected chi connectivity index (χ3v) is 4.83. The van der Waals surface area contributed by atoms with E-state index >= 15 is 0 Å². The van der Waals surface area contributed by atoms with Crippen LogP contribution in [0.4, 0.5) is 0 Å². The van der Waals surface area contributed by atoms with Gasteiger partial charge < -0.3 is 4.57 Å². The molecule has 2 rings (SSSR count). The molecule has 7 heteroatoms. The van der Waals surface area contributed by atoms with Gasteiger partial charge in [-0.05, 0) is 18.8 Å². The molecular formula is C13H24N4O2S. The molecule has 20 heavy (non-hydrogen) atoms. The van der Waals surface area contributed by atoms with Crippen molar-refractivity contribution in [3.05, 3.63) is 5.82 Å². The van der Waals surface area contributed by atoms with Crippen LogP contribution in [0.25, 0.3) is 0 Å². The van der Waals surface area contributed by atoms with Crippen LogP contribution in [-0.2, 0) is 22.0 Å². The number of aromatic nitrogens is 3. The second-order valence-corrected chi connectivity index (χ2v) is 7.93. The zero-order valence-electron chi connectivity index (χ0n) is 12.5. The molecule has 0 aliphatic heterocycles. The first kappa shape index (κ1) is 15.4. The number of hydrogen-bond donors (Lipinski definition) is 1. The normalized spacial score (nSPS) is 19.4. The number of primary sulfonamides is 1. The summed E-state index contributed by atoms with van der Waals surface area (Å²) in [6.07, 6.45) is 5.57. The molecule has 0 spiro atoms. The molecule has 0 amide bonds. The van der Waals surface area contributed by atoms with Gasteiger partial charge in [0.15, 0.2) is 0 Å². The Balaban J connectivity index is 2.50. The zero-order valence-corrected chi connectivity index (χ0v) is 13.3. The van der Waals surface area contributed by atoms with Gasteiger partial charge in [0, 0.05) is 12.0 Å². The minimum absolute atomic E-state index is 0.0942. The van der Waals surface area contributed by atoms with E-state index in [1.165, 1.54) is 6.42 Å². The smallest absolute Gasteiger partial charge is 0.273 e. The van der Waals surface area contributed by atoms with E-state index in [-0.39, 0.29) is 10.6 Å². The monoisotopic (exact) mass is 300 g/mol. The molecule has 0 saturated heterocycles. The minimum atomic E-state index is -3.83. The number of rotatable bonds is 4. The largest absolute Gasteiger partial charge is 0.300 e. The fourth-order valence-electron chi connectivity index (χ4n) is 3.03. The molecule has 0 atom stereocenters. The van der Waals surface area contributed by atoms with Gasteiger partial charge in [-0.1, -0.05) is 40.0 Å². The Hall–Kier alpha value is -0.950. The minimum Gasteiger partial charge on any atom is -0.300 e. The molecule has 0 bridgehead atoms. The molecule has 6 nitrogen and oxygen atoms in total. The standard InChI is InChI=1S/C13H24N4O2S/c1-10(2)9-17-11(13(3)7-5-4-6-8-13)15-16-12(17)20(14,18)19/h10H,4-9H2,1-3H3,(H2,14,18,19). The summed E-state index contributed by atoms with van der Waals surface area (Å²) >= 11 is 0. The van der Waals surface area contributed by atoms with Crippen LogP contribution in [0.5, 0.6) is 0 Å². The van der Waals surface area contributed by atoms with Crippen molar-refractivity contribution >= 4 is 10.0 Å². The molecule has 0 unspecified atom stereocenters. The van der Waals surface area contributed by atoms with E-state index in [2.05, 4.69) is 17.1 Å². The van der Waals surface area contributed by atoms with Gasteiger partial charge in [0.05, 0.1) is 0 Å². The maximum absolute atomic E-state index is 11.7. The molecule has 1 aliphatic carbocycles. The third kappa shape index (κ3) is 3.03. The first-order valence-corrected chi connectivity index (χ1v) is 8.75. The Bertz CT molecular complexity index is 571. The van der Waals surface area contributed by atoms with Crippen molar-refractivity contribution in [3.8, 4) is 0 Å². The first-order valence-electron chi connectivity index (χ1n) is 7.20. The highest BCUT2D eigenvalue weighted by Crippen LogP contribution is 2.38. The first-order chi connectivity index (χ1) is 9.24. The maximum Gasteiger partial charge on any atom is 0.273 e. The fraction of sp³-hybridized carbons (Fsp3) is 0.846. The van der Waals surface area contributed by atoms with E-state index in [4.69, 9.17) is 5.14 Å². The molecule has 1 heterocycles. The van der Waals surface area contributed by atoms with Gasteiger partial charge in [0.2, 0.25) is 0 Å². The van der Waals surface area contributed by atoms with Crippen LogP contribution < -0.4 is 5.14 Å². The third-order valence-electron chi connectivity index (χ3n) is 4.02. The Kier molecular flexibility index (Phi) is 4.20. The molecule has 1 aliphatic rings. The van der Waals surface area contributed by atoms with E-state index in [0.717, 1.165) is 31.5 Å². The Labute approximate surface area is 120 Å².